The van der Waals surface area contributed by atoms with E-state index in [1.807, 2.05) is 0 Å². The fourth-order valence-electron chi connectivity index (χ4n) is 2.21. The number of halogens is 1. The number of carboxylic acid groups (broad SMARTS) is 1. The van der Waals surface area contributed by atoms with Crippen molar-refractivity contribution in [1.29, 1.82) is 0 Å². The topological polar surface area (TPSA) is 62.3 Å². The summed E-state index contributed by atoms with van der Waals surface area (Å²) in [6.45, 7) is 0. The van der Waals surface area contributed by atoms with Gasteiger partial charge < -0.3 is 14.8 Å². The van der Waals surface area contributed by atoms with Gasteiger partial charge in [-0.2, -0.15) is 0 Å². The number of fused-ring (bicyclic) bond motifs is 1. The lowest BCUT2D eigenvalue weighted by Gasteiger charge is -2.04. The minimum absolute atomic E-state index is 0.194. The van der Waals surface area contributed by atoms with Crippen LogP contribution in [0.5, 0.6) is 5.75 Å². The van der Waals surface area contributed by atoms with Crippen molar-refractivity contribution in [3.8, 4) is 5.75 Å². The fourth-order valence-corrected chi connectivity index (χ4v) is 2.61. The number of ether oxygens (including phenoxy) is 1. The number of nitrogens with one attached hydrogen (secondary N) is 1. The molecule has 4 nitrogen and oxygen atoms in total. The van der Waals surface area contributed by atoms with E-state index in [0.29, 0.717) is 16.7 Å². The van der Waals surface area contributed by atoms with Gasteiger partial charge in [0.1, 0.15) is 5.75 Å². The molecular weight excluding hydrogens is 254 g/mol. The number of aromatic carboxylic acids is 1. The molecule has 5 heteroatoms. The zero-order valence-corrected chi connectivity index (χ0v) is 10.5. The average molecular weight is 266 g/mol. The molecule has 0 amide bonds. The number of hydrogen-bond donors (Lipinski definition) is 2. The van der Waals surface area contributed by atoms with Crippen LogP contribution in [-0.4, -0.2) is 23.2 Å². The van der Waals surface area contributed by atoms with E-state index >= 15 is 0 Å². The van der Waals surface area contributed by atoms with E-state index in [4.69, 9.17) is 21.4 Å². The van der Waals surface area contributed by atoms with Crippen LogP contribution in [0.3, 0.4) is 0 Å². The van der Waals surface area contributed by atoms with Gasteiger partial charge in [0.05, 0.1) is 28.6 Å². The van der Waals surface area contributed by atoms with Crippen molar-refractivity contribution in [3.63, 3.8) is 0 Å². The highest BCUT2D eigenvalue weighted by Crippen LogP contribution is 2.47. The molecule has 0 aliphatic heterocycles. The first-order valence-corrected chi connectivity index (χ1v) is 6.12. The lowest BCUT2D eigenvalue weighted by molar-refractivity contribution is 0.0696. The van der Waals surface area contributed by atoms with Gasteiger partial charge in [0, 0.05) is 11.6 Å². The van der Waals surface area contributed by atoms with Crippen LogP contribution in [0.2, 0.25) is 5.02 Å². The molecule has 2 N–H and O–H groups in total. The van der Waals surface area contributed by atoms with Gasteiger partial charge in [0.25, 0.3) is 0 Å². The molecular formula is C13H12ClNO3. The maximum absolute atomic E-state index is 11.0. The van der Waals surface area contributed by atoms with Crippen LogP contribution in [0.4, 0.5) is 0 Å². The first kappa shape index (κ1) is 11.4. The average Bonchev–Trinajstić information content (AvgIpc) is 3.13. The Balaban J connectivity index is 2.29. The lowest BCUT2D eigenvalue weighted by Crippen LogP contribution is -1.97. The first-order valence-electron chi connectivity index (χ1n) is 5.74. The number of carboxylic acids is 1. The monoisotopic (exact) mass is 265 g/mol. The Morgan fingerprint density at radius 2 is 2.22 bits per heavy atom. The molecule has 0 radical (unpaired) electrons. The number of rotatable bonds is 3. The fraction of sp³-hybridized carbons (Fsp3) is 0.308. The summed E-state index contributed by atoms with van der Waals surface area (Å²) in [5.41, 5.74) is 1.91. The van der Waals surface area contributed by atoms with Crippen LogP contribution in [0.25, 0.3) is 10.9 Å². The van der Waals surface area contributed by atoms with Crippen molar-refractivity contribution >= 4 is 28.5 Å². The standard InChI is InChI=1S/C13H12ClNO3/c1-18-9-5-7(13(16)17)4-8-10(9)11(14)12(15-8)6-2-3-6/h4-6,15H,2-3H2,1H3,(H,16,17). The summed E-state index contributed by atoms with van der Waals surface area (Å²) >= 11 is 6.35. The number of benzene rings is 1. The Kier molecular flexibility index (Phi) is 2.48. The third-order valence-corrected chi connectivity index (χ3v) is 3.67. The Hall–Kier alpha value is -1.68. The van der Waals surface area contributed by atoms with Crippen LogP contribution >= 0.6 is 11.6 Å². The second kappa shape index (κ2) is 3.92. The molecule has 1 aromatic heterocycles. The molecule has 1 fully saturated rings. The summed E-state index contributed by atoms with van der Waals surface area (Å²) < 4.78 is 5.24. The SMILES string of the molecule is COc1cc(C(=O)O)cc2[nH]c(C3CC3)c(Cl)c12. The molecule has 1 heterocycles. The molecule has 1 aliphatic rings. The van der Waals surface area contributed by atoms with Crippen molar-refractivity contribution < 1.29 is 14.6 Å². The van der Waals surface area contributed by atoms with Crippen molar-refractivity contribution in [2.24, 2.45) is 0 Å². The summed E-state index contributed by atoms with van der Waals surface area (Å²) in [5, 5.41) is 10.5. The van der Waals surface area contributed by atoms with E-state index in [9.17, 15) is 4.79 Å². The second-order valence-corrected chi connectivity index (χ2v) is 4.91. The molecule has 0 atom stereocenters. The van der Waals surface area contributed by atoms with Gasteiger partial charge in [-0.1, -0.05) is 11.6 Å². The van der Waals surface area contributed by atoms with Gasteiger partial charge in [-0.15, -0.1) is 0 Å². The largest absolute Gasteiger partial charge is 0.496 e. The van der Waals surface area contributed by atoms with E-state index in [0.717, 1.165) is 29.4 Å². The second-order valence-electron chi connectivity index (χ2n) is 4.53. The minimum atomic E-state index is -0.978. The van der Waals surface area contributed by atoms with Crippen LogP contribution in [0, 0.1) is 0 Å². The predicted octanol–water partition coefficient (Wildman–Crippen LogP) is 3.41. The van der Waals surface area contributed by atoms with Crippen molar-refractivity contribution in [2.45, 2.75) is 18.8 Å². The maximum Gasteiger partial charge on any atom is 0.335 e. The van der Waals surface area contributed by atoms with Crippen molar-refractivity contribution in [2.75, 3.05) is 7.11 Å². The Morgan fingerprint density at radius 3 is 2.78 bits per heavy atom. The van der Waals surface area contributed by atoms with E-state index in [1.54, 1.807) is 6.07 Å². The highest BCUT2D eigenvalue weighted by Gasteiger charge is 2.29. The van der Waals surface area contributed by atoms with Crippen molar-refractivity contribution in [1.82, 2.24) is 4.98 Å². The molecule has 0 spiro atoms. The molecule has 18 heavy (non-hydrogen) atoms. The number of aromatic amines is 1. The van der Waals surface area contributed by atoms with Crippen LogP contribution < -0.4 is 4.74 Å². The van der Waals surface area contributed by atoms with Gasteiger partial charge in [-0.25, -0.2) is 4.79 Å². The normalized spacial score (nSPS) is 15.0. The van der Waals surface area contributed by atoms with E-state index < -0.39 is 5.97 Å². The third-order valence-electron chi connectivity index (χ3n) is 3.28. The molecule has 1 saturated carbocycles. The molecule has 3 rings (SSSR count). The molecule has 0 bridgehead atoms. The molecule has 94 valence electrons. The molecule has 1 aromatic carbocycles. The summed E-state index contributed by atoms with van der Waals surface area (Å²) in [7, 11) is 1.51. The predicted molar refractivity (Wildman–Crippen MR) is 68.8 cm³/mol. The number of hydrogen-bond acceptors (Lipinski definition) is 2. The number of methoxy groups -OCH3 is 1. The van der Waals surface area contributed by atoms with Crippen molar-refractivity contribution in [3.05, 3.63) is 28.4 Å². The zero-order chi connectivity index (χ0) is 12.9. The van der Waals surface area contributed by atoms with Crippen LogP contribution in [0.15, 0.2) is 12.1 Å². The van der Waals surface area contributed by atoms with Gasteiger partial charge in [-0.05, 0) is 25.0 Å². The summed E-state index contributed by atoms with van der Waals surface area (Å²) in [6, 6.07) is 3.10. The number of H-pyrrole nitrogens is 1. The maximum atomic E-state index is 11.0. The molecule has 2 aromatic rings. The zero-order valence-electron chi connectivity index (χ0n) is 9.79. The van der Waals surface area contributed by atoms with E-state index in [-0.39, 0.29) is 5.56 Å². The summed E-state index contributed by atoms with van der Waals surface area (Å²) in [4.78, 5) is 14.3. The summed E-state index contributed by atoms with van der Waals surface area (Å²) in [5.74, 6) is -0.00479. The molecule has 0 saturated heterocycles. The Bertz CT molecular complexity index is 643. The van der Waals surface area contributed by atoms with Gasteiger partial charge in [0.15, 0.2) is 0 Å². The van der Waals surface area contributed by atoms with Gasteiger partial charge >= 0.3 is 5.97 Å². The minimum Gasteiger partial charge on any atom is -0.496 e. The van der Waals surface area contributed by atoms with E-state index in [1.165, 1.54) is 13.2 Å². The summed E-state index contributed by atoms with van der Waals surface area (Å²) in [6.07, 6.45) is 2.25. The van der Waals surface area contributed by atoms with Crippen LogP contribution in [-0.2, 0) is 0 Å². The number of carbonyl (C=O) groups is 1. The molecule has 1 aliphatic carbocycles. The van der Waals surface area contributed by atoms with Gasteiger partial charge in [0.2, 0.25) is 0 Å². The first-order chi connectivity index (χ1) is 8.61. The third kappa shape index (κ3) is 1.64. The number of aromatic nitrogens is 1. The van der Waals surface area contributed by atoms with E-state index in [2.05, 4.69) is 4.98 Å². The van der Waals surface area contributed by atoms with Gasteiger partial charge in [-0.3, -0.25) is 0 Å². The quantitative estimate of drug-likeness (QED) is 0.894. The Morgan fingerprint density at radius 1 is 1.50 bits per heavy atom. The van der Waals surface area contributed by atoms with Crippen LogP contribution in [0.1, 0.15) is 34.8 Å². The molecule has 0 unspecified atom stereocenters. The Labute approximate surface area is 109 Å². The lowest BCUT2D eigenvalue weighted by atomic mass is 10.1. The smallest absolute Gasteiger partial charge is 0.335 e. The highest BCUT2D eigenvalue weighted by molar-refractivity contribution is 6.37. The highest BCUT2D eigenvalue weighted by atomic mass is 35.5.